The summed E-state index contributed by atoms with van der Waals surface area (Å²) in [5, 5.41) is -0.0396. The number of alkyl halides is 4. The van der Waals surface area contributed by atoms with Crippen molar-refractivity contribution in [2.45, 2.75) is 44.6 Å². The van der Waals surface area contributed by atoms with Crippen molar-refractivity contribution >= 4 is 32.8 Å². The SMILES string of the molecule is CC(Br)c1cc(C(F)(F)F)cc2c(=O)cc(N3CCC(C)(C)CC3)oc12. The predicted octanol–water partition coefficient (Wildman–Crippen LogP) is 5.89. The summed E-state index contributed by atoms with van der Waals surface area (Å²) in [6, 6.07) is 3.24. The fourth-order valence-corrected chi connectivity index (χ4v) is 3.56. The Balaban J connectivity index is 2.13. The van der Waals surface area contributed by atoms with Gasteiger partial charge in [0.15, 0.2) is 11.3 Å². The van der Waals surface area contributed by atoms with Crippen LogP contribution in [-0.4, -0.2) is 13.1 Å². The lowest BCUT2D eigenvalue weighted by molar-refractivity contribution is -0.137. The molecule has 0 saturated carbocycles. The molecule has 26 heavy (non-hydrogen) atoms. The zero-order valence-electron chi connectivity index (χ0n) is 14.9. The van der Waals surface area contributed by atoms with Gasteiger partial charge in [-0.25, -0.2) is 0 Å². The molecule has 1 unspecified atom stereocenters. The van der Waals surface area contributed by atoms with Crippen LogP contribution < -0.4 is 10.3 Å². The lowest BCUT2D eigenvalue weighted by Crippen LogP contribution is -2.37. The fourth-order valence-electron chi connectivity index (χ4n) is 3.22. The lowest BCUT2D eigenvalue weighted by Gasteiger charge is -2.37. The number of halogens is 4. The molecule has 1 aliphatic rings. The Morgan fingerprint density at radius 2 is 1.81 bits per heavy atom. The van der Waals surface area contributed by atoms with Crippen molar-refractivity contribution in [3.05, 3.63) is 39.5 Å². The summed E-state index contributed by atoms with van der Waals surface area (Å²) in [7, 11) is 0. The van der Waals surface area contributed by atoms with Crippen LogP contribution in [0.25, 0.3) is 11.0 Å². The van der Waals surface area contributed by atoms with Crippen molar-refractivity contribution in [2.75, 3.05) is 18.0 Å². The van der Waals surface area contributed by atoms with Gasteiger partial charge in [-0.3, -0.25) is 4.79 Å². The zero-order valence-corrected chi connectivity index (χ0v) is 16.5. The maximum Gasteiger partial charge on any atom is 0.416 e. The van der Waals surface area contributed by atoms with Gasteiger partial charge in [-0.15, -0.1) is 0 Å². The van der Waals surface area contributed by atoms with E-state index in [-0.39, 0.29) is 21.2 Å². The van der Waals surface area contributed by atoms with Crippen molar-refractivity contribution in [2.24, 2.45) is 5.41 Å². The molecular formula is C19H21BrF3NO2. The monoisotopic (exact) mass is 431 g/mol. The molecule has 0 radical (unpaired) electrons. The molecule has 1 saturated heterocycles. The third-order valence-electron chi connectivity index (χ3n) is 5.03. The Labute approximate surface area is 158 Å². The quantitative estimate of drug-likeness (QED) is 0.555. The standard InChI is InChI=1S/C19H21BrF3NO2/c1-11(20)13-8-12(19(21,22)23)9-14-15(25)10-16(26-17(13)14)24-6-4-18(2,3)5-7-24/h8-11H,4-7H2,1-3H3. The Morgan fingerprint density at radius 3 is 2.35 bits per heavy atom. The van der Waals surface area contributed by atoms with Crippen molar-refractivity contribution in [3.8, 4) is 0 Å². The van der Waals surface area contributed by atoms with Gasteiger partial charge in [0.1, 0.15) is 5.58 Å². The van der Waals surface area contributed by atoms with E-state index < -0.39 is 17.2 Å². The van der Waals surface area contributed by atoms with E-state index >= 15 is 0 Å². The largest absolute Gasteiger partial charge is 0.440 e. The minimum absolute atomic E-state index is 0.0396. The Hall–Kier alpha value is -1.50. The molecule has 7 heteroatoms. The van der Waals surface area contributed by atoms with E-state index in [1.54, 1.807) is 6.92 Å². The van der Waals surface area contributed by atoms with Crippen LogP contribution in [0.4, 0.5) is 19.1 Å². The highest BCUT2D eigenvalue weighted by Crippen LogP contribution is 2.38. The second-order valence-corrected chi connectivity index (χ2v) is 9.03. The maximum atomic E-state index is 13.2. The smallest absolute Gasteiger partial charge is 0.416 e. The topological polar surface area (TPSA) is 33.5 Å². The minimum Gasteiger partial charge on any atom is -0.440 e. The van der Waals surface area contributed by atoms with Gasteiger partial charge in [0.2, 0.25) is 0 Å². The molecule has 1 atom stereocenters. The summed E-state index contributed by atoms with van der Waals surface area (Å²) in [5.41, 5.74) is -0.511. The van der Waals surface area contributed by atoms with Crippen molar-refractivity contribution in [1.29, 1.82) is 0 Å². The highest BCUT2D eigenvalue weighted by atomic mass is 79.9. The number of benzene rings is 1. The average Bonchev–Trinajstić information content (AvgIpc) is 2.52. The Bertz CT molecular complexity index is 877. The first-order valence-electron chi connectivity index (χ1n) is 8.56. The van der Waals surface area contributed by atoms with Gasteiger partial charge in [0.25, 0.3) is 0 Å². The van der Waals surface area contributed by atoms with Crippen LogP contribution in [0.15, 0.2) is 27.4 Å². The molecule has 0 aliphatic carbocycles. The third-order valence-corrected chi connectivity index (χ3v) is 5.52. The second-order valence-electron chi connectivity index (χ2n) is 7.66. The number of hydrogen-bond donors (Lipinski definition) is 0. The molecule has 2 heterocycles. The highest BCUT2D eigenvalue weighted by molar-refractivity contribution is 9.09. The summed E-state index contributed by atoms with van der Waals surface area (Å²) in [4.78, 5) is 14.2. The first-order chi connectivity index (χ1) is 12.0. The van der Waals surface area contributed by atoms with Gasteiger partial charge in [0.05, 0.1) is 10.9 Å². The molecule has 0 spiro atoms. The summed E-state index contributed by atoms with van der Waals surface area (Å²) in [6.07, 6.45) is -2.60. The highest BCUT2D eigenvalue weighted by Gasteiger charge is 2.33. The Morgan fingerprint density at radius 1 is 1.19 bits per heavy atom. The van der Waals surface area contributed by atoms with E-state index in [0.717, 1.165) is 38.1 Å². The molecule has 1 fully saturated rings. The van der Waals surface area contributed by atoms with Gasteiger partial charge in [-0.1, -0.05) is 29.8 Å². The number of rotatable bonds is 2. The van der Waals surface area contributed by atoms with Crippen LogP contribution in [0.2, 0.25) is 0 Å². The molecule has 1 aliphatic heterocycles. The van der Waals surface area contributed by atoms with Gasteiger partial charge in [-0.05, 0) is 37.3 Å². The van der Waals surface area contributed by atoms with Gasteiger partial charge in [-0.2, -0.15) is 13.2 Å². The van der Waals surface area contributed by atoms with Crippen LogP contribution in [0, 0.1) is 5.41 Å². The molecule has 0 amide bonds. The third kappa shape index (κ3) is 3.77. The van der Waals surface area contributed by atoms with E-state index in [9.17, 15) is 18.0 Å². The number of nitrogens with zero attached hydrogens (tertiary/aromatic N) is 1. The second kappa shape index (κ2) is 6.59. The van der Waals surface area contributed by atoms with E-state index in [0.29, 0.717) is 11.4 Å². The van der Waals surface area contributed by atoms with E-state index in [4.69, 9.17) is 4.42 Å². The van der Waals surface area contributed by atoms with Crippen molar-refractivity contribution < 1.29 is 17.6 Å². The van der Waals surface area contributed by atoms with Gasteiger partial charge in [0, 0.05) is 29.5 Å². The predicted molar refractivity (Wildman–Crippen MR) is 100 cm³/mol. The van der Waals surface area contributed by atoms with E-state index in [1.165, 1.54) is 6.07 Å². The fraction of sp³-hybridized carbons (Fsp3) is 0.526. The molecule has 2 aromatic rings. The average molecular weight is 432 g/mol. The van der Waals surface area contributed by atoms with Gasteiger partial charge < -0.3 is 9.32 Å². The summed E-state index contributed by atoms with van der Waals surface area (Å²) >= 11 is 3.32. The number of piperidine rings is 1. The van der Waals surface area contributed by atoms with Crippen LogP contribution >= 0.6 is 15.9 Å². The number of hydrogen-bond acceptors (Lipinski definition) is 3. The summed E-state index contributed by atoms with van der Waals surface area (Å²) in [6.45, 7) is 7.61. The molecule has 0 N–H and O–H groups in total. The maximum absolute atomic E-state index is 13.2. The summed E-state index contributed by atoms with van der Waals surface area (Å²) < 4.78 is 45.5. The van der Waals surface area contributed by atoms with Gasteiger partial charge >= 0.3 is 6.18 Å². The number of anilines is 1. The summed E-state index contributed by atoms with van der Waals surface area (Å²) in [5.74, 6) is 0.423. The normalized spacial score (nSPS) is 19.0. The molecule has 3 nitrogen and oxygen atoms in total. The molecular weight excluding hydrogens is 411 g/mol. The van der Waals surface area contributed by atoms with Crippen molar-refractivity contribution in [3.63, 3.8) is 0 Å². The molecule has 1 aromatic heterocycles. The lowest BCUT2D eigenvalue weighted by atomic mass is 9.83. The van der Waals surface area contributed by atoms with E-state index in [1.807, 2.05) is 4.90 Å². The molecule has 1 aromatic carbocycles. The number of fused-ring (bicyclic) bond motifs is 1. The first kappa shape index (κ1) is 19.3. The first-order valence-corrected chi connectivity index (χ1v) is 9.47. The zero-order chi connectivity index (χ0) is 19.3. The van der Waals surface area contributed by atoms with E-state index in [2.05, 4.69) is 29.8 Å². The molecule has 142 valence electrons. The van der Waals surface area contributed by atoms with Crippen molar-refractivity contribution in [1.82, 2.24) is 0 Å². The van der Waals surface area contributed by atoms with Crippen LogP contribution in [-0.2, 0) is 6.18 Å². The Kier molecular flexibility index (Phi) is 4.88. The minimum atomic E-state index is -4.52. The van der Waals surface area contributed by atoms with Crippen LogP contribution in [0.3, 0.4) is 0 Å². The van der Waals surface area contributed by atoms with Crippen LogP contribution in [0.5, 0.6) is 0 Å². The molecule has 3 rings (SSSR count). The molecule has 0 bridgehead atoms. The van der Waals surface area contributed by atoms with Crippen LogP contribution in [0.1, 0.15) is 49.6 Å².